The van der Waals surface area contributed by atoms with E-state index in [0.29, 0.717) is 6.54 Å². The standard InChI is InChI=1S/C23H32N4O2/c1-18-7-5-9-20(15-18)26-11-13-27(14-12-26)23(28)24-17-22(25(2)3)19-8-6-10-21(16-19)29-4/h5-10,15-16,22H,11-14,17H2,1-4H3,(H,24,28). The highest BCUT2D eigenvalue weighted by Crippen LogP contribution is 2.22. The Hall–Kier alpha value is -2.73. The molecule has 1 heterocycles. The molecule has 3 rings (SSSR count). The van der Waals surface area contributed by atoms with E-state index >= 15 is 0 Å². The van der Waals surface area contributed by atoms with Crippen LogP contribution in [0.5, 0.6) is 5.75 Å². The third-order valence-corrected chi connectivity index (χ3v) is 5.48. The van der Waals surface area contributed by atoms with E-state index in [1.165, 1.54) is 11.3 Å². The average Bonchev–Trinajstić information content (AvgIpc) is 2.74. The molecule has 1 fully saturated rings. The molecule has 2 aromatic rings. The second kappa shape index (κ2) is 9.65. The van der Waals surface area contributed by atoms with Crippen LogP contribution in [0.4, 0.5) is 10.5 Å². The molecule has 0 aliphatic carbocycles. The van der Waals surface area contributed by atoms with Crippen LogP contribution >= 0.6 is 0 Å². The number of methoxy groups -OCH3 is 1. The second-order valence-electron chi connectivity index (χ2n) is 7.76. The van der Waals surface area contributed by atoms with Gasteiger partial charge >= 0.3 is 6.03 Å². The lowest BCUT2D eigenvalue weighted by atomic mass is 10.1. The number of benzene rings is 2. The maximum Gasteiger partial charge on any atom is 0.317 e. The summed E-state index contributed by atoms with van der Waals surface area (Å²) in [5.74, 6) is 0.827. The first-order valence-electron chi connectivity index (χ1n) is 10.1. The molecule has 6 nitrogen and oxygen atoms in total. The molecule has 156 valence electrons. The zero-order valence-corrected chi connectivity index (χ0v) is 17.9. The van der Waals surface area contributed by atoms with Crippen LogP contribution in [0.3, 0.4) is 0 Å². The largest absolute Gasteiger partial charge is 0.497 e. The third kappa shape index (κ3) is 5.41. The Morgan fingerprint density at radius 2 is 1.83 bits per heavy atom. The van der Waals surface area contributed by atoms with Gasteiger partial charge in [-0.05, 0) is 56.4 Å². The fourth-order valence-electron chi connectivity index (χ4n) is 3.74. The number of hydrogen-bond acceptors (Lipinski definition) is 4. The molecular weight excluding hydrogens is 364 g/mol. The van der Waals surface area contributed by atoms with Crippen molar-refractivity contribution >= 4 is 11.7 Å². The van der Waals surface area contributed by atoms with Crippen molar-refractivity contribution in [3.05, 3.63) is 59.7 Å². The number of nitrogens with one attached hydrogen (secondary N) is 1. The van der Waals surface area contributed by atoms with Crippen molar-refractivity contribution in [2.75, 3.05) is 58.8 Å². The number of aryl methyl sites for hydroxylation is 1. The van der Waals surface area contributed by atoms with Gasteiger partial charge in [0.25, 0.3) is 0 Å². The summed E-state index contributed by atoms with van der Waals surface area (Å²) in [6.07, 6.45) is 0. The molecule has 0 aromatic heterocycles. The van der Waals surface area contributed by atoms with Gasteiger partial charge in [-0.3, -0.25) is 0 Å². The summed E-state index contributed by atoms with van der Waals surface area (Å²) in [6.45, 7) is 5.82. The van der Waals surface area contributed by atoms with Crippen LogP contribution in [0.25, 0.3) is 0 Å². The van der Waals surface area contributed by atoms with E-state index in [2.05, 4.69) is 52.4 Å². The van der Waals surface area contributed by atoms with Gasteiger partial charge in [-0.25, -0.2) is 4.79 Å². The summed E-state index contributed by atoms with van der Waals surface area (Å²) in [4.78, 5) is 19.1. The lowest BCUT2D eigenvalue weighted by Crippen LogP contribution is -2.52. The van der Waals surface area contributed by atoms with Crippen LogP contribution < -0.4 is 15.0 Å². The summed E-state index contributed by atoms with van der Waals surface area (Å²) in [5, 5.41) is 3.12. The molecule has 0 radical (unpaired) electrons. The molecule has 1 unspecified atom stereocenters. The molecule has 1 saturated heterocycles. The van der Waals surface area contributed by atoms with E-state index in [0.717, 1.165) is 37.5 Å². The van der Waals surface area contributed by atoms with Gasteiger partial charge in [-0.2, -0.15) is 0 Å². The first-order valence-corrected chi connectivity index (χ1v) is 10.1. The fourth-order valence-corrected chi connectivity index (χ4v) is 3.74. The topological polar surface area (TPSA) is 48.1 Å². The summed E-state index contributed by atoms with van der Waals surface area (Å²) in [5.41, 5.74) is 3.62. The Balaban J connectivity index is 1.54. The molecule has 0 bridgehead atoms. The molecule has 0 spiro atoms. The van der Waals surface area contributed by atoms with Crippen molar-refractivity contribution in [1.29, 1.82) is 0 Å². The van der Waals surface area contributed by atoms with Crippen LogP contribution in [0.2, 0.25) is 0 Å². The molecule has 1 aliphatic rings. The molecule has 6 heteroatoms. The normalized spacial score (nSPS) is 15.3. The van der Waals surface area contributed by atoms with Gasteiger partial charge in [0.1, 0.15) is 5.75 Å². The first-order chi connectivity index (χ1) is 14.0. The highest BCUT2D eigenvalue weighted by molar-refractivity contribution is 5.74. The lowest BCUT2D eigenvalue weighted by molar-refractivity contribution is 0.189. The van der Waals surface area contributed by atoms with Crippen LogP contribution in [0, 0.1) is 6.92 Å². The Kier molecular flexibility index (Phi) is 6.99. The number of anilines is 1. The molecular formula is C23H32N4O2. The van der Waals surface area contributed by atoms with Crippen LogP contribution in [0.1, 0.15) is 17.2 Å². The maximum atomic E-state index is 12.7. The number of nitrogens with zero attached hydrogens (tertiary/aromatic N) is 3. The van der Waals surface area contributed by atoms with E-state index in [9.17, 15) is 4.79 Å². The molecule has 2 amide bonds. The lowest BCUT2D eigenvalue weighted by Gasteiger charge is -2.36. The van der Waals surface area contributed by atoms with Crippen molar-refractivity contribution < 1.29 is 9.53 Å². The van der Waals surface area contributed by atoms with Crippen molar-refractivity contribution in [1.82, 2.24) is 15.1 Å². The molecule has 1 N–H and O–H groups in total. The first kappa shape index (κ1) is 21.0. The summed E-state index contributed by atoms with van der Waals surface area (Å²) >= 11 is 0. The highest BCUT2D eigenvalue weighted by atomic mass is 16.5. The van der Waals surface area contributed by atoms with Gasteiger partial charge in [0.15, 0.2) is 0 Å². The molecule has 0 saturated carbocycles. The molecule has 2 aromatic carbocycles. The van der Waals surface area contributed by atoms with E-state index in [-0.39, 0.29) is 12.1 Å². The van der Waals surface area contributed by atoms with Gasteiger partial charge in [0, 0.05) is 38.4 Å². The fraction of sp³-hybridized carbons (Fsp3) is 0.435. The Morgan fingerprint density at radius 1 is 1.10 bits per heavy atom. The average molecular weight is 397 g/mol. The van der Waals surface area contributed by atoms with Crippen molar-refractivity contribution in [3.8, 4) is 5.75 Å². The number of piperazine rings is 1. The Morgan fingerprint density at radius 3 is 2.48 bits per heavy atom. The van der Waals surface area contributed by atoms with Crippen LogP contribution in [0.15, 0.2) is 48.5 Å². The van der Waals surface area contributed by atoms with Crippen molar-refractivity contribution in [2.45, 2.75) is 13.0 Å². The zero-order valence-electron chi connectivity index (χ0n) is 17.9. The number of urea groups is 1. The summed E-state index contributed by atoms with van der Waals surface area (Å²) in [7, 11) is 5.72. The number of rotatable bonds is 6. The highest BCUT2D eigenvalue weighted by Gasteiger charge is 2.23. The van der Waals surface area contributed by atoms with Gasteiger partial charge in [0.2, 0.25) is 0 Å². The molecule has 29 heavy (non-hydrogen) atoms. The van der Waals surface area contributed by atoms with Crippen LogP contribution in [-0.4, -0.2) is 69.8 Å². The van der Waals surface area contributed by atoms with E-state index < -0.39 is 0 Å². The smallest absolute Gasteiger partial charge is 0.317 e. The number of carbonyl (C=O) groups excluding carboxylic acids is 1. The predicted octanol–water partition coefficient (Wildman–Crippen LogP) is 3.14. The van der Waals surface area contributed by atoms with E-state index in [4.69, 9.17) is 4.74 Å². The minimum absolute atomic E-state index is 0.00337. The maximum absolute atomic E-state index is 12.7. The minimum Gasteiger partial charge on any atom is -0.497 e. The number of carbonyl (C=O) groups is 1. The number of ether oxygens (including phenoxy) is 1. The quantitative estimate of drug-likeness (QED) is 0.815. The summed E-state index contributed by atoms with van der Waals surface area (Å²) in [6, 6.07) is 16.6. The summed E-state index contributed by atoms with van der Waals surface area (Å²) < 4.78 is 5.34. The number of amides is 2. The van der Waals surface area contributed by atoms with Gasteiger partial charge in [0.05, 0.1) is 13.2 Å². The monoisotopic (exact) mass is 396 g/mol. The van der Waals surface area contributed by atoms with Crippen molar-refractivity contribution in [3.63, 3.8) is 0 Å². The van der Waals surface area contributed by atoms with E-state index in [1.54, 1.807) is 7.11 Å². The zero-order chi connectivity index (χ0) is 20.8. The second-order valence-corrected chi connectivity index (χ2v) is 7.76. The molecule has 1 atom stereocenters. The third-order valence-electron chi connectivity index (χ3n) is 5.48. The molecule has 1 aliphatic heterocycles. The Labute approximate surface area is 174 Å². The van der Waals surface area contributed by atoms with Crippen molar-refractivity contribution in [2.24, 2.45) is 0 Å². The van der Waals surface area contributed by atoms with Gasteiger partial charge in [-0.15, -0.1) is 0 Å². The Bertz CT molecular complexity index is 816. The van der Waals surface area contributed by atoms with Gasteiger partial charge in [-0.1, -0.05) is 24.3 Å². The minimum atomic E-state index is 0.00337. The number of hydrogen-bond donors (Lipinski definition) is 1. The van der Waals surface area contributed by atoms with E-state index in [1.807, 2.05) is 37.2 Å². The predicted molar refractivity (Wildman–Crippen MR) is 118 cm³/mol. The number of likely N-dealkylation sites (N-methyl/N-ethyl adjacent to an activating group) is 1. The van der Waals surface area contributed by atoms with Gasteiger partial charge < -0.3 is 24.8 Å². The van der Waals surface area contributed by atoms with Crippen LogP contribution in [-0.2, 0) is 0 Å². The SMILES string of the molecule is COc1cccc(C(CNC(=O)N2CCN(c3cccc(C)c3)CC2)N(C)C)c1.